The number of hydrogen-bond donors (Lipinski definition) is 0. The predicted octanol–water partition coefficient (Wildman–Crippen LogP) is 4.72. The summed E-state index contributed by atoms with van der Waals surface area (Å²) in [5.74, 6) is -0.142. The third-order valence-electron chi connectivity index (χ3n) is 4.03. The van der Waals surface area contributed by atoms with Crippen LogP contribution in [0.15, 0.2) is 52.9 Å². The Morgan fingerprint density at radius 3 is 2.64 bits per heavy atom. The standard InChI is InChI=1S/C19H18N2O4/c22-17(10-6-2-5-9-14-7-3-1-4-8-14)19-20-16-12-11-15(21(23)24)13-18(16)25-19/h1,3-4,7-8,11-13H,2,5-6,9-10H2. The Hall–Kier alpha value is -3.02. The summed E-state index contributed by atoms with van der Waals surface area (Å²) in [6, 6.07) is 14.4. The van der Waals surface area contributed by atoms with E-state index in [1.165, 1.54) is 23.8 Å². The fourth-order valence-electron chi connectivity index (χ4n) is 2.69. The lowest BCUT2D eigenvalue weighted by molar-refractivity contribution is -0.384. The molecule has 128 valence electrons. The highest BCUT2D eigenvalue weighted by Gasteiger charge is 2.16. The van der Waals surface area contributed by atoms with Gasteiger partial charge in [-0.2, -0.15) is 0 Å². The number of aromatic nitrogens is 1. The Morgan fingerprint density at radius 1 is 1.08 bits per heavy atom. The van der Waals surface area contributed by atoms with Crippen LogP contribution in [0.25, 0.3) is 11.1 Å². The fraction of sp³-hybridized carbons (Fsp3) is 0.263. The molecular formula is C19H18N2O4. The topological polar surface area (TPSA) is 86.2 Å². The number of unbranched alkanes of at least 4 members (excludes halogenated alkanes) is 2. The average Bonchev–Trinajstić information content (AvgIpc) is 3.05. The van der Waals surface area contributed by atoms with Crippen LogP contribution in [0.1, 0.15) is 41.9 Å². The number of oxazole rings is 1. The second-order valence-electron chi connectivity index (χ2n) is 5.90. The molecule has 0 aliphatic carbocycles. The molecule has 0 saturated carbocycles. The fourth-order valence-corrected chi connectivity index (χ4v) is 2.69. The summed E-state index contributed by atoms with van der Waals surface area (Å²) in [6.07, 6.45) is 4.11. The molecule has 1 heterocycles. The van der Waals surface area contributed by atoms with Gasteiger partial charge in [-0.15, -0.1) is 0 Å². The molecule has 0 amide bonds. The SMILES string of the molecule is O=C(CCCCCc1ccccc1)c1nc2ccc([N+](=O)[O-])cc2o1. The molecule has 3 rings (SSSR count). The van der Waals surface area contributed by atoms with Crippen LogP contribution in [-0.4, -0.2) is 15.7 Å². The van der Waals surface area contributed by atoms with Crippen molar-refractivity contribution in [2.24, 2.45) is 0 Å². The maximum Gasteiger partial charge on any atom is 0.273 e. The smallest absolute Gasteiger partial charge is 0.273 e. The molecule has 0 radical (unpaired) electrons. The highest BCUT2D eigenvalue weighted by Crippen LogP contribution is 2.22. The van der Waals surface area contributed by atoms with Crippen molar-refractivity contribution in [3.05, 3.63) is 70.1 Å². The maximum absolute atomic E-state index is 12.2. The number of nitro benzene ring substituents is 1. The van der Waals surface area contributed by atoms with Gasteiger partial charge in [-0.3, -0.25) is 14.9 Å². The molecule has 1 aromatic heterocycles. The highest BCUT2D eigenvalue weighted by atomic mass is 16.6. The largest absolute Gasteiger partial charge is 0.433 e. The van der Waals surface area contributed by atoms with Gasteiger partial charge in [0.25, 0.3) is 11.6 Å². The minimum atomic E-state index is -0.504. The second kappa shape index (κ2) is 7.70. The molecule has 0 aliphatic heterocycles. The van der Waals surface area contributed by atoms with E-state index in [1.54, 1.807) is 0 Å². The molecule has 3 aromatic rings. The average molecular weight is 338 g/mol. The first-order valence-corrected chi connectivity index (χ1v) is 8.25. The normalized spacial score (nSPS) is 10.9. The van der Waals surface area contributed by atoms with Crippen LogP contribution in [-0.2, 0) is 6.42 Å². The summed E-state index contributed by atoms with van der Waals surface area (Å²) in [7, 11) is 0. The van der Waals surface area contributed by atoms with Crippen molar-refractivity contribution in [3.63, 3.8) is 0 Å². The zero-order chi connectivity index (χ0) is 17.6. The first-order chi connectivity index (χ1) is 12.1. The molecule has 0 bridgehead atoms. The van der Waals surface area contributed by atoms with Gasteiger partial charge in [0.1, 0.15) is 5.52 Å². The molecule has 0 fully saturated rings. The van der Waals surface area contributed by atoms with Gasteiger partial charge in [-0.1, -0.05) is 36.8 Å². The number of fused-ring (bicyclic) bond motifs is 1. The van der Waals surface area contributed by atoms with Crippen LogP contribution >= 0.6 is 0 Å². The van der Waals surface area contributed by atoms with Gasteiger partial charge in [0.05, 0.1) is 11.0 Å². The third kappa shape index (κ3) is 4.29. The van der Waals surface area contributed by atoms with Gasteiger partial charge in [0, 0.05) is 12.5 Å². The van der Waals surface area contributed by atoms with Crippen LogP contribution in [0, 0.1) is 10.1 Å². The molecule has 6 heteroatoms. The van der Waals surface area contributed by atoms with E-state index in [1.807, 2.05) is 18.2 Å². The number of nitro groups is 1. The number of hydrogen-bond acceptors (Lipinski definition) is 5. The molecule has 2 aromatic carbocycles. The van der Waals surface area contributed by atoms with Gasteiger partial charge in [0.2, 0.25) is 5.78 Å². The number of aryl methyl sites for hydroxylation is 1. The molecule has 0 spiro atoms. The lowest BCUT2D eigenvalue weighted by Gasteiger charge is -2.00. The molecule has 0 unspecified atom stereocenters. The zero-order valence-corrected chi connectivity index (χ0v) is 13.7. The number of rotatable bonds is 8. The molecule has 6 nitrogen and oxygen atoms in total. The molecule has 0 saturated heterocycles. The third-order valence-corrected chi connectivity index (χ3v) is 4.03. The van der Waals surface area contributed by atoms with Crippen molar-refractivity contribution in [2.75, 3.05) is 0 Å². The number of Topliss-reactive ketones (excluding diaryl/α,β-unsaturated/α-hetero) is 1. The quantitative estimate of drug-likeness (QED) is 0.257. The van der Waals surface area contributed by atoms with Crippen molar-refractivity contribution in [1.82, 2.24) is 4.98 Å². The van der Waals surface area contributed by atoms with Crippen LogP contribution < -0.4 is 0 Å². The van der Waals surface area contributed by atoms with E-state index in [9.17, 15) is 14.9 Å². The van der Waals surface area contributed by atoms with Gasteiger partial charge >= 0.3 is 0 Å². The van der Waals surface area contributed by atoms with Crippen molar-refractivity contribution in [2.45, 2.75) is 32.1 Å². The van der Waals surface area contributed by atoms with E-state index in [2.05, 4.69) is 17.1 Å². The Balaban J connectivity index is 1.51. The summed E-state index contributed by atoms with van der Waals surface area (Å²) in [5.41, 5.74) is 1.94. The first-order valence-electron chi connectivity index (χ1n) is 8.25. The number of carbonyl (C=O) groups is 1. The van der Waals surface area contributed by atoms with E-state index in [0.29, 0.717) is 11.9 Å². The highest BCUT2D eigenvalue weighted by molar-refractivity contribution is 5.94. The van der Waals surface area contributed by atoms with E-state index < -0.39 is 4.92 Å². The Kier molecular flexibility index (Phi) is 5.18. The second-order valence-corrected chi connectivity index (χ2v) is 5.90. The van der Waals surface area contributed by atoms with Crippen molar-refractivity contribution in [1.29, 1.82) is 0 Å². The molecule has 0 aliphatic rings. The monoisotopic (exact) mass is 338 g/mol. The molecule has 0 N–H and O–H groups in total. The van der Waals surface area contributed by atoms with E-state index >= 15 is 0 Å². The Bertz CT molecular complexity index is 887. The van der Waals surface area contributed by atoms with E-state index in [0.717, 1.165) is 25.7 Å². The lowest BCUT2D eigenvalue weighted by atomic mass is 10.1. The van der Waals surface area contributed by atoms with Crippen molar-refractivity contribution >= 4 is 22.6 Å². The van der Waals surface area contributed by atoms with E-state index in [-0.39, 0.29) is 22.9 Å². The minimum absolute atomic E-state index is 0.0264. The summed E-state index contributed by atoms with van der Waals surface area (Å²) in [5, 5.41) is 10.8. The summed E-state index contributed by atoms with van der Waals surface area (Å²) in [6.45, 7) is 0. The molecular weight excluding hydrogens is 320 g/mol. The van der Waals surface area contributed by atoms with Crippen LogP contribution in [0.3, 0.4) is 0 Å². The summed E-state index contributed by atoms with van der Waals surface area (Å²) < 4.78 is 5.38. The number of nitrogens with zero attached hydrogens (tertiary/aromatic N) is 2. The van der Waals surface area contributed by atoms with Gasteiger partial charge < -0.3 is 4.42 Å². The van der Waals surface area contributed by atoms with Crippen molar-refractivity contribution in [3.8, 4) is 0 Å². The number of non-ortho nitro benzene ring substituents is 1. The number of carbonyl (C=O) groups excluding carboxylic acids is 1. The Morgan fingerprint density at radius 2 is 1.88 bits per heavy atom. The van der Waals surface area contributed by atoms with Crippen molar-refractivity contribution < 1.29 is 14.1 Å². The van der Waals surface area contributed by atoms with Gasteiger partial charge in [0.15, 0.2) is 5.58 Å². The van der Waals surface area contributed by atoms with Crippen LogP contribution in [0.2, 0.25) is 0 Å². The summed E-state index contributed by atoms with van der Waals surface area (Å²) in [4.78, 5) is 26.6. The summed E-state index contributed by atoms with van der Waals surface area (Å²) >= 11 is 0. The molecule has 25 heavy (non-hydrogen) atoms. The number of benzene rings is 2. The number of ketones is 1. The predicted molar refractivity (Wildman–Crippen MR) is 93.6 cm³/mol. The zero-order valence-electron chi connectivity index (χ0n) is 13.7. The molecule has 0 atom stereocenters. The van der Waals surface area contributed by atoms with E-state index in [4.69, 9.17) is 4.42 Å². The maximum atomic E-state index is 12.2. The van der Waals surface area contributed by atoms with Crippen LogP contribution in [0.4, 0.5) is 5.69 Å². The Labute approximate surface area is 144 Å². The first kappa shape index (κ1) is 16.8. The lowest BCUT2D eigenvalue weighted by Crippen LogP contribution is -1.99. The minimum Gasteiger partial charge on any atom is -0.433 e. The van der Waals surface area contributed by atoms with Gasteiger partial charge in [-0.05, 0) is 30.9 Å². The van der Waals surface area contributed by atoms with Crippen LogP contribution in [0.5, 0.6) is 0 Å². The van der Waals surface area contributed by atoms with Gasteiger partial charge in [-0.25, -0.2) is 4.98 Å².